The Bertz CT molecular complexity index is 1780. The predicted molar refractivity (Wildman–Crippen MR) is 147 cm³/mol. The number of hydrogen-bond acceptors (Lipinski definition) is 8. The molecule has 1 aromatic heterocycles. The van der Waals surface area contributed by atoms with Gasteiger partial charge in [-0.05, 0) is 79.3 Å². The topological polar surface area (TPSA) is 124 Å². The lowest BCUT2D eigenvalue weighted by Gasteiger charge is -2.24. The van der Waals surface area contributed by atoms with Gasteiger partial charge in [-0.2, -0.15) is 0 Å². The highest BCUT2D eigenvalue weighted by molar-refractivity contribution is 6.13. The van der Waals surface area contributed by atoms with Crippen LogP contribution in [0, 0.1) is 11.7 Å². The lowest BCUT2D eigenvalue weighted by molar-refractivity contribution is -0.126. The van der Waals surface area contributed by atoms with Gasteiger partial charge in [-0.1, -0.05) is 13.0 Å². The van der Waals surface area contributed by atoms with Crippen LogP contribution in [-0.4, -0.2) is 45.8 Å². The van der Waals surface area contributed by atoms with E-state index in [1.165, 1.54) is 12.1 Å². The molecule has 9 nitrogen and oxygen atoms in total. The minimum atomic E-state index is -0.662. The number of Topliss-reactive ketones (excluding diaryl/α,β-unsaturated/α-hetero) is 1. The Kier molecular flexibility index (Phi) is 5.92. The van der Waals surface area contributed by atoms with E-state index < -0.39 is 5.82 Å². The number of azo groups is 1. The third-order valence-corrected chi connectivity index (χ3v) is 7.95. The molecule has 0 bridgehead atoms. The molecule has 0 saturated carbocycles. The molecule has 0 radical (unpaired) electrons. The largest absolute Gasteiger partial charge is 0.505 e. The van der Waals surface area contributed by atoms with Crippen molar-refractivity contribution in [3.8, 4) is 16.9 Å². The van der Waals surface area contributed by atoms with Crippen molar-refractivity contribution >= 4 is 29.1 Å². The molecule has 2 atom stereocenters. The third-order valence-electron chi connectivity index (χ3n) is 7.95. The molecule has 0 spiro atoms. The number of aromatic amines is 1. The van der Waals surface area contributed by atoms with E-state index in [1.807, 2.05) is 31.2 Å². The number of allylic oxidation sites excluding steroid dienone is 2. The van der Waals surface area contributed by atoms with Crippen LogP contribution in [0.4, 0.5) is 10.1 Å². The first-order chi connectivity index (χ1) is 19.5. The molecule has 2 aromatic carbocycles. The summed E-state index contributed by atoms with van der Waals surface area (Å²) in [6, 6.07) is 8.43. The van der Waals surface area contributed by atoms with Gasteiger partial charge < -0.3 is 20.1 Å². The number of fused-ring (bicyclic) bond motifs is 2. The zero-order valence-electron chi connectivity index (χ0n) is 21.9. The number of aryl methyl sites for hydroxylation is 1. The third kappa shape index (κ3) is 4.06. The Morgan fingerprint density at radius 1 is 1.20 bits per heavy atom. The fourth-order valence-corrected chi connectivity index (χ4v) is 5.77. The molecular formula is C30H27FN6O3. The number of aromatic hydroxyl groups is 1. The Balaban J connectivity index is 1.16. The van der Waals surface area contributed by atoms with Crippen molar-refractivity contribution in [1.29, 1.82) is 0 Å². The van der Waals surface area contributed by atoms with Crippen molar-refractivity contribution in [3.63, 3.8) is 0 Å². The summed E-state index contributed by atoms with van der Waals surface area (Å²) in [5.74, 6) is -0.312. The lowest BCUT2D eigenvalue weighted by atomic mass is 9.92. The molecule has 7 rings (SSSR count). The van der Waals surface area contributed by atoms with Crippen molar-refractivity contribution in [1.82, 2.24) is 15.3 Å². The molecule has 3 aromatic rings. The molecule has 0 aliphatic carbocycles. The molecule has 0 unspecified atom stereocenters. The number of aromatic nitrogens is 2. The number of aliphatic imine (C=N–C) groups is 1. The first kappa shape index (κ1) is 24.6. The van der Waals surface area contributed by atoms with E-state index in [1.54, 1.807) is 6.20 Å². The summed E-state index contributed by atoms with van der Waals surface area (Å²) in [7, 11) is 0. The molecule has 4 aliphatic rings. The number of nitrogens with zero attached hydrogens (tertiary/aromatic N) is 4. The normalized spacial score (nSPS) is 22.4. The molecule has 1 saturated heterocycles. The van der Waals surface area contributed by atoms with Gasteiger partial charge in [-0.15, -0.1) is 10.2 Å². The summed E-state index contributed by atoms with van der Waals surface area (Å²) in [5, 5.41) is 22.6. The molecule has 3 N–H and O–H groups in total. The van der Waals surface area contributed by atoms with Crippen molar-refractivity contribution in [2.45, 2.75) is 38.6 Å². The highest BCUT2D eigenvalue weighted by Crippen LogP contribution is 2.38. The zero-order chi connectivity index (χ0) is 27.4. The SMILES string of the molecule is CCc1cc(O)c(F)cc1-c1ccc2c(c1)N=NC2=c1nc2c([nH]1)=CN=C2C1=CC[C@@H](C(=O)[C@@H]2CCCN2)CO1. The summed E-state index contributed by atoms with van der Waals surface area (Å²) >= 11 is 0. The molecule has 1 fully saturated rings. The van der Waals surface area contributed by atoms with E-state index in [-0.39, 0.29) is 23.5 Å². The second kappa shape index (κ2) is 9.63. The fourth-order valence-electron chi connectivity index (χ4n) is 5.77. The van der Waals surface area contributed by atoms with Gasteiger partial charge in [0, 0.05) is 5.56 Å². The number of carbonyl (C=O) groups excluding carboxylic acids is 1. The monoisotopic (exact) mass is 538 g/mol. The molecule has 0 amide bonds. The van der Waals surface area contributed by atoms with Gasteiger partial charge in [0.15, 0.2) is 22.8 Å². The minimum absolute atomic E-state index is 0.0614. The number of phenols is 1. The maximum atomic E-state index is 14.2. The smallest absolute Gasteiger partial charge is 0.165 e. The van der Waals surface area contributed by atoms with Crippen molar-refractivity contribution < 1.29 is 19.0 Å². The first-order valence-corrected chi connectivity index (χ1v) is 13.6. The summed E-state index contributed by atoms with van der Waals surface area (Å²) < 4.78 is 20.2. The van der Waals surface area contributed by atoms with E-state index in [4.69, 9.17) is 9.72 Å². The van der Waals surface area contributed by atoms with Gasteiger partial charge in [0.2, 0.25) is 0 Å². The summed E-state index contributed by atoms with van der Waals surface area (Å²) in [4.78, 5) is 25.4. The van der Waals surface area contributed by atoms with Crippen LogP contribution in [0.1, 0.15) is 43.0 Å². The van der Waals surface area contributed by atoms with E-state index in [2.05, 4.69) is 25.5 Å². The summed E-state index contributed by atoms with van der Waals surface area (Å²) in [6.07, 6.45) is 6.84. The molecule has 5 heterocycles. The van der Waals surface area contributed by atoms with Crippen molar-refractivity contribution in [2.75, 3.05) is 13.2 Å². The average Bonchev–Trinajstić information content (AvgIpc) is 3.78. The second-order valence-corrected chi connectivity index (χ2v) is 10.4. The van der Waals surface area contributed by atoms with Gasteiger partial charge in [-0.3, -0.25) is 4.79 Å². The van der Waals surface area contributed by atoms with Crippen molar-refractivity contribution in [3.05, 3.63) is 75.6 Å². The van der Waals surface area contributed by atoms with E-state index >= 15 is 0 Å². The van der Waals surface area contributed by atoms with Crippen LogP contribution in [0.2, 0.25) is 0 Å². The fraction of sp³-hybridized carbons (Fsp3) is 0.300. The maximum Gasteiger partial charge on any atom is 0.165 e. The minimum Gasteiger partial charge on any atom is -0.505 e. The van der Waals surface area contributed by atoms with E-state index in [0.29, 0.717) is 59.0 Å². The molecule has 4 aliphatic heterocycles. The van der Waals surface area contributed by atoms with Gasteiger partial charge >= 0.3 is 0 Å². The maximum absolute atomic E-state index is 14.2. The second-order valence-electron chi connectivity index (χ2n) is 10.4. The molecule has 10 heteroatoms. The van der Waals surface area contributed by atoms with Crippen LogP contribution in [-0.2, 0) is 16.0 Å². The molecule has 40 heavy (non-hydrogen) atoms. The van der Waals surface area contributed by atoms with Gasteiger partial charge in [0.25, 0.3) is 0 Å². The number of nitrogens with one attached hydrogen (secondary N) is 2. The Morgan fingerprint density at radius 3 is 2.88 bits per heavy atom. The van der Waals surface area contributed by atoms with Gasteiger partial charge in [-0.25, -0.2) is 14.4 Å². The zero-order valence-corrected chi connectivity index (χ0v) is 21.9. The number of carbonyl (C=O) groups is 1. The summed E-state index contributed by atoms with van der Waals surface area (Å²) in [6.45, 7) is 3.19. The molecular weight excluding hydrogens is 511 g/mol. The van der Waals surface area contributed by atoms with Gasteiger partial charge in [0.05, 0.1) is 35.8 Å². The number of halogens is 1. The quantitative estimate of drug-likeness (QED) is 0.459. The number of phenolic OH excluding ortho intramolecular Hbond substituents is 1. The number of ether oxygens (including phenoxy) is 1. The first-order valence-electron chi connectivity index (χ1n) is 13.6. The lowest BCUT2D eigenvalue weighted by Crippen LogP contribution is -2.38. The average molecular weight is 539 g/mol. The Labute approximate surface area is 228 Å². The summed E-state index contributed by atoms with van der Waals surface area (Å²) in [5.41, 5.74) is 6.27. The van der Waals surface area contributed by atoms with Crippen LogP contribution in [0.25, 0.3) is 23.0 Å². The number of ketones is 1. The number of rotatable bonds is 5. The van der Waals surface area contributed by atoms with Crippen LogP contribution in [0.3, 0.4) is 0 Å². The van der Waals surface area contributed by atoms with E-state index in [9.17, 15) is 14.3 Å². The van der Waals surface area contributed by atoms with Crippen LogP contribution < -0.4 is 16.1 Å². The standard InChI is InChI=1S/C30H27FN6O3/c1-2-15-11-24(38)20(31)12-19(15)16-5-7-18-22(10-16)36-37-26(18)30-34-23-13-33-28(27(23)35-30)25-8-6-17(14-40-25)29(39)21-4-3-9-32-21/h5,7-8,10-13,17,21,32,34,38H,2-4,6,9,14H2,1H3/t17-,21+/m1/s1. The molecule has 202 valence electrons. The Morgan fingerprint density at radius 2 is 2.10 bits per heavy atom. The highest BCUT2D eigenvalue weighted by atomic mass is 19.1. The number of hydrogen-bond donors (Lipinski definition) is 3. The number of imidazole rings is 1. The van der Waals surface area contributed by atoms with Crippen LogP contribution in [0.5, 0.6) is 5.75 Å². The van der Waals surface area contributed by atoms with Gasteiger partial charge in [0.1, 0.15) is 22.9 Å². The van der Waals surface area contributed by atoms with Crippen LogP contribution >= 0.6 is 0 Å². The van der Waals surface area contributed by atoms with E-state index in [0.717, 1.165) is 41.4 Å². The predicted octanol–water partition coefficient (Wildman–Crippen LogP) is 3.52. The number of benzene rings is 2. The van der Waals surface area contributed by atoms with Crippen LogP contribution in [0.15, 0.2) is 57.4 Å². The Hall–Kier alpha value is -4.44. The number of H-pyrrole nitrogens is 1. The van der Waals surface area contributed by atoms with Crippen molar-refractivity contribution in [2.24, 2.45) is 21.1 Å². The highest BCUT2D eigenvalue weighted by Gasteiger charge is 2.32.